The van der Waals surface area contributed by atoms with Crippen molar-refractivity contribution in [1.82, 2.24) is 20.7 Å². The van der Waals surface area contributed by atoms with Crippen molar-refractivity contribution in [3.05, 3.63) is 6.20 Å². The number of carbonyl (C=O) groups is 2. The van der Waals surface area contributed by atoms with Crippen LogP contribution in [0.25, 0.3) is 0 Å². The van der Waals surface area contributed by atoms with Gasteiger partial charge in [0.25, 0.3) is 0 Å². The summed E-state index contributed by atoms with van der Waals surface area (Å²) >= 11 is 0. The summed E-state index contributed by atoms with van der Waals surface area (Å²) in [6, 6.07) is 0. The molecule has 0 unspecified atom stereocenters. The van der Waals surface area contributed by atoms with Gasteiger partial charge < -0.3 is 15.4 Å². The fourth-order valence-corrected chi connectivity index (χ4v) is 1.06. The highest BCUT2D eigenvalue weighted by Crippen LogP contribution is 2.06. The first-order chi connectivity index (χ1) is 8.37. The van der Waals surface area contributed by atoms with Crippen LogP contribution < -0.4 is 10.6 Å². The zero-order chi connectivity index (χ0) is 13.6. The summed E-state index contributed by atoms with van der Waals surface area (Å²) in [6.07, 6.45) is 0.974. The Bertz CT molecular complexity index is 396. The topological polar surface area (TPSA) is 109 Å². The monoisotopic (exact) mass is 255 g/mol. The number of anilines is 1. The Balaban J connectivity index is 2.18. The predicted octanol–water partition coefficient (Wildman–Crippen LogP) is 0.658. The molecule has 0 saturated carbocycles. The van der Waals surface area contributed by atoms with E-state index < -0.39 is 11.7 Å². The lowest BCUT2D eigenvalue weighted by Crippen LogP contribution is -2.34. The summed E-state index contributed by atoms with van der Waals surface area (Å²) in [7, 11) is 0. The van der Waals surface area contributed by atoms with Gasteiger partial charge in [-0.3, -0.25) is 4.79 Å². The summed E-state index contributed by atoms with van der Waals surface area (Å²) in [5.41, 5.74) is -0.549. The fraction of sp³-hybridized carbons (Fsp3) is 0.600. The average Bonchev–Trinajstić information content (AvgIpc) is 2.67. The molecule has 0 saturated heterocycles. The molecular formula is C10H17N5O3. The predicted molar refractivity (Wildman–Crippen MR) is 63.9 cm³/mol. The number of nitrogens with zero attached hydrogens (tertiary/aromatic N) is 2. The Labute approximate surface area is 104 Å². The van der Waals surface area contributed by atoms with Crippen molar-refractivity contribution in [1.29, 1.82) is 0 Å². The van der Waals surface area contributed by atoms with Gasteiger partial charge in [0.2, 0.25) is 5.91 Å². The van der Waals surface area contributed by atoms with Gasteiger partial charge in [0.1, 0.15) is 5.60 Å². The third-order valence-corrected chi connectivity index (χ3v) is 1.70. The maximum absolute atomic E-state index is 11.4. The van der Waals surface area contributed by atoms with Crippen molar-refractivity contribution in [2.45, 2.75) is 32.8 Å². The van der Waals surface area contributed by atoms with Crippen LogP contribution in [0.1, 0.15) is 27.2 Å². The van der Waals surface area contributed by atoms with Gasteiger partial charge in [0, 0.05) is 13.0 Å². The first-order valence-corrected chi connectivity index (χ1v) is 5.49. The van der Waals surface area contributed by atoms with Crippen LogP contribution in [-0.4, -0.2) is 39.6 Å². The number of H-pyrrole nitrogens is 1. The van der Waals surface area contributed by atoms with Crippen molar-refractivity contribution in [2.24, 2.45) is 0 Å². The summed E-state index contributed by atoms with van der Waals surface area (Å²) in [5, 5.41) is 14.6. The van der Waals surface area contributed by atoms with E-state index in [2.05, 4.69) is 26.0 Å². The minimum atomic E-state index is -0.549. The molecule has 0 aliphatic carbocycles. The minimum absolute atomic E-state index is 0.131. The number of aromatic amines is 1. The Morgan fingerprint density at radius 3 is 2.72 bits per heavy atom. The standard InChI is InChI=1S/C10H17N5O3/c1-10(2,3)18-9(17)11-5-4-8(16)13-7-6-12-15-14-7/h6H,4-5H2,1-3H3,(H,11,17)(H2,12,13,14,15,16). The van der Waals surface area contributed by atoms with Gasteiger partial charge in [-0.15, -0.1) is 5.10 Å². The van der Waals surface area contributed by atoms with Crippen LogP contribution in [0.2, 0.25) is 0 Å². The van der Waals surface area contributed by atoms with Crippen molar-refractivity contribution >= 4 is 17.8 Å². The molecule has 0 fully saturated rings. The summed E-state index contributed by atoms with van der Waals surface area (Å²) in [4.78, 5) is 22.7. The summed E-state index contributed by atoms with van der Waals surface area (Å²) < 4.78 is 5.02. The molecule has 0 aliphatic heterocycles. The van der Waals surface area contributed by atoms with Gasteiger partial charge in [-0.2, -0.15) is 10.3 Å². The lowest BCUT2D eigenvalue weighted by molar-refractivity contribution is -0.116. The van der Waals surface area contributed by atoms with E-state index in [0.29, 0.717) is 5.82 Å². The van der Waals surface area contributed by atoms with Crippen LogP contribution in [0.5, 0.6) is 0 Å². The van der Waals surface area contributed by atoms with Crippen LogP contribution in [-0.2, 0) is 9.53 Å². The number of carbonyl (C=O) groups excluding carboxylic acids is 2. The van der Waals surface area contributed by atoms with Gasteiger partial charge in [0.15, 0.2) is 5.82 Å². The highest BCUT2D eigenvalue weighted by molar-refractivity contribution is 5.89. The van der Waals surface area contributed by atoms with Crippen molar-refractivity contribution in [3.8, 4) is 0 Å². The molecule has 1 heterocycles. The lowest BCUT2D eigenvalue weighted by atomic mass is 10.2. The van der Waals surface area contributed by atoms with Gasteiger partial charge in [-0.05, 0) is 20.8 Å². The molecular weight excluding hydrogens is 238 g/mol. The average molecular weight is 255 g/mol. The molecule has 100 valence electrons. The number of hydrogen-bond acceptors (Lipinski definition) is 5. The second kappa shape index (κ2) is 5.99. The fourth-order valence-electron chi connectivity index (χ4n) is 1.06. The Kier molecular flexibility index (Phi) is 4.64. The molecule has 1 aromatic heterocycles. The molecule has 0 bridgehead atoms. The third kappa shape index (κ3) is 5.83. The normalized spacial score (nSPS) is 10.8. The summed E-state index contributed by atoms with van der Waals surface area (Å²) in [5.74, 6) is 0.0808. The number of hydrogen-bond donors (Lipinski definition) is 3. The zero-order valence-electron chi connectivity index (χ0n) is 10.6. The highest BCUT2D eigenvalue weighted by atomic mass is 16.6. The van der Waals surface area contributed by atoms with E-state index in [9.17, 15) is 9.59 Å². The second-order valence-electron chi connectivity index (χ2n) is 4.58. The van der Waals surface area contributed by atoms with Crippen LogP contribution in [0.15, 0.2) is 6.20 Å². The molecule has 0 atom stereocenters. The minimum Gasteiger partial charge on any atom is -0.444 e. The Morgan fingerprint density at radius 2 is 2.17 bits per heavy atom. The molecule has 0 radical (unpaired) electrons. The van der Waals surface area contributed by atoms with Crippen LogP contribution in [0.3, 0.4) is 0 Å². The quantitative estimate of drug-likeness (QED) is 0.732. The molecule has 0 aromatic carbocycles. The van der Waals surface area contributed by atoms with Gasteiger partial charge in [-0.1, -0.05) is 0 Å². The molecule has 1 rings (SSSR count). The number of amides is 2. The molecule has 18 heavy (non-hydrogen) atoms. The van der Waals surface area contributed by atoms with E-state index >= 15 is 0 Å². The Morgan fingerprint density at radius 1 is 1.44 bits per heavy atom. The third-order valence-electron chi connectivity index (χ3n) is 1.70. The van der Waals surface area contributed by atoms with E-state index in [1.54, 1.807) is 20.8 Å². The first kappa shape index (κ1) is 13.9. The van der Waals surface area contributed by atoms with Gasteiger partial charge in [-0.25, -0.2) is 4.79 Å². The lowest BCUT2D eigenvalue weighted by Gasteiger charge is -2.19. The second-order valence-corrected chi connectivity index (χ2v) is 4.58. The van der Waals surface area contributed by atoms with Crippen LogP contribution in [0.4, 0.5) is 10.6 Å². The number of alkyl carbamates (subject to hydrolysis) is 1. The number of nitrogens with one attached hydrogen (secondary N) is 3. The molecule has 0 spiro atoms. The molecule has 2 amide bonds. The SMILES string of the molecule is CC(C)(C)OC(=O)NCCC(=O)Nc1cn[nH]n1. The number of ether oxygens (including phenoxy) is 1. The van der Waals surface area contributed by atoms with Crippen molar-refractivity contribution in [3.63, 3.8) is 0 Å². The van der Waals surface area contributed by atoms with E-state index in [-0.39, 0.29) is 18.9 Å². The summed E-state index contributed by atoms with van der Waals surface area (Å²) in [6.45, 7) is 5.50. The molecule has 8 heteroatoms. The van der Waals surface area contributed by atoms with Crippen LogP contribution >= 0.6 is 0 Å². The van der Waals surface area contributed by atoms with E-state index in [0.717, 1.165) is 0 Å². The molecule has 8 nitrogen and oxygen atoms in total. The smallest absolute Gasteiger partial charge is 0.407 e. The maximum atomic E-state index is 11.4. The van der Waals surface area contributed by atoms with Gasteiger partial charge in [0.05, 0.1) is 6.20 Å². The zero-order valence-corrected chi connectivity index (χ0v) is 10.6. The molecule has 1 aromatic rings. The van der Waals surface area contributed by atoms with Crippen LogP contribution in [0, 0.1) is 0 Å². The van der Waals surface area contributed by atoms with E-state index in [4.69, 9.17) is 4.74 Å². The van der Waals surface area contributed by atoms with E-state index in [1.807, 2.05) is 0 Å². The first-order valence-electron chi connectivity index (χ1n) is 5.49. The molecule has 3 N–H and O–H groups in total. The highest BCUT2D eigenvalue weighted by Gasteiger charge is 2.15. The Hall–Kier alpha value is -2.12. The maximum Gasteiger partial charge on any atom is 0.407 e. The number of rotatable bonds is 4. The van der Waals surface area contributed by atoms with Crippen molar-refractivity contribution < 1.29 is 14.3 Å². The van der Waals surface area contributed by atoms with Crippen molar-refractivity contribution in [2.75, 3.05) is 11.9 Å². The van der Waals surface area contributed by atoms with E-state index in [1.165, 1.54) is 6.20 Å². The largest absolute Gasteiger partial charge is 0.444 e. The number of aromatic nitrogens is 3. The van der Waals surface area contributed by atoms with Gasteiger partial charge >= 0.3 is 6.09 Å². The molecule has 0 aliphatic rings.